The van der Waals surface area contributed by atoms with Crippen LogP contribution in [0.1, 0.15) is 15.9 Å². The molecule has 0 fully saturated rings. The molecule has 7 nitrogen and oxygen atoms in total. The van der Waals surface area contributed by atoms with Gasteiger partial charge in [0.05, 0.1) is 12.8 Å². The first-order valence-electron chi connectivity index (χ1n) is 12.2. The maximum atomic E-state index is 13.5. The Labute approximate surface area is 230 Å². The standard InChI is InChI=1S/C31H25N3O4S/c1-20-11-15-24(16-12-20)34-30(36)27(32-22-8-4-3-5-9-22)28(31(34)37)39-26-17-13-23(14-18-26)33-29(35)21-7-6-10-25(19-21)38-2/h3-19,32H,1-2H3,(H,33,35). The van der Waals surface area contributed by atoms with Crippen molar-refractivity contribution in [3.05, 3.63) is 125 Å². The largest absolute Gasteiger partial charge is 0.497 e. The highest BCUT2D eigenvalue weighted by Crippen LogP contribution is 2.38. The summed E-state index contributed by atoms with van der Waals surface area (Å²) in [6.07, 6.45) is 0. The Morgan fingerprint density at radius 3 is 2.21 bits per heavy atom. The minimum atomic E-state index is -0.419. The second-order valence-electron chi connectivity index (χ2n) is 8.79. The van der Waals surface area contributed by atoms with Crippen LogP contribution in [0.15, 0.2) is 119 Å². The van der Waals surface area contributed by atoms with Gasteiger partial charge in [0.15, 0.2) is 0 Å². The van der Waals surface area contributed by atoms with Crippen LogP contribution in [0.2, 0.25) is 0 Å². The smallest absolute Gasteiger partial charge is 0.283 e. The van der Waals surface area contributed by atoms with Crippen LogP contribution in [-0.2, 0) is 9.59 Å². The third kappa shape index (κ3) is 5.71. The molecule has 1 aliphatic rings. The summed E-state index contributed by atoms with van der Waals surface area (Å²) in [4.78, 5) is 41.9. The first kappa shape index (κ1) is 25.8. The molecule has 0 radical (unpaired) electrons. The van der Waals surface area contributed by atoms with Crippen molar-refractivity contribution < 1.29 is 19.1 Å². The number of para-hydroxylation sites is 1. The summed E-state index contributed by atoms with van der Waals surface area (Å²) in [7, 11) is 1.55. The Morgan fingerprint density at radius 1 is 0.795 bits per heavy atom. The fourth-order valence-corrected chi connectivity index (χ4v) is 4.93. The number of ether oxygens (including phenoxy) is 1. The Balaban J connectivity index is 1.38. The first-order valence-corrected chi connectivity index (χ1v) is 13.0. The number of hydrogen-bond acceptors (Lipinski definition) is 6. The Kier molecular flexibility index (Phi) is 7.47. The van der Waals surface area contributed by atoms with E-state index < -0.39 is 11.8 Å². The van der Waals surface area contributed by atoms with Crippen LogP contribution in [-0.4, -0.2) is 24.8 Å². The van der Waals surface area contributed by atoms with Gasteiger partial charge in [-0.25, -0.2) is 4.90 Å². The number of carbonyl (C=O) groups is 3. The van der Waals surface area contributed by atoms with Gasteiger partial charge in [-0.05, 0) is 73.7 Å². The quantitative estimate of drug-likeness (QED) is 0.260. The summed E-state index contributed by atoms with van der Waals surface area (Å²) in [5, 5.41) is 6.01. The lowest BCUT2D eigenvalue weighted by Crippen LogP contribution is -2.32. The number of amides is 3. The van der Waals surface area contributed by atoms with E-state index in [0.717, 1.165) is 10.5 Å². The number of carbonyl (C=O) groups excluding carboxylic acids is 3. The lowest BCUT2D eigenvalue weighted by atomic mass is 10.2. The average molecular weight is 536 g/mol. The van der Waals surface area contributed by atoms with E-state index in [9.17, 15) is 14.4 Å². The number of anilines is 3. The van der Waals surface area contributed by atoms with Crippen LogP contribution in [0.25, 0.3) is 0 Å². The zero-order valence-electron chi connectivity index (χ0n) is 21.3. The van der Waals surface area contributed by atoms with E-state index in [1.807, 2.05) is 49.4 Å². The molecule has 5 rings (SSSR count). The molecule has 1 heterocycles. The normalized spacial score (nSPS) is 13.0. The Hall–Kier alpha value is -4.82. The summed E-state index contributed by atoms with van der Waals surface area (Å²) in [5.41, 5.74) is 3.52. The molecule has 0 atom stereocenters. The molecule has 2 N–H and O–H groups in total. The lowest BCUT2D eigenvalue weighted by molar-refractivity contribution is -0.120. The molecule has 3 amide bonds. The third-order valence-corrected chi connectivity index (χ3v) is 7.13. The summed E-state index contributed by atoms with van der Waals surface area (Å²) < 4.78 is 5.19. The first-order chi connectivity index (χ1) is 18.9. The lowest BCUT2D eigenvalue weighted by Gasteiger charge is -2.15. The van der Waals surface area contributed by atoms with Crippen molar-refractivity contribution in [3.8, 4) is 5.75 Å². The molecule has 1 aliphatic heterocycles. The van der Waals surface area contributed by atoms with Gasteiger partial charge in [-0.3, -0.25) is 14.4 Å². The number of imide groups is 1. The van der Waals surface area contributed by atoms with Crippen LogP contribution in [0.4, 0.5) is 17.1 Å². The molecule has 0 unspecified atom stereocenters. The summed E-state index contributed by atoms with van der Waals surface area (Å²) in [6.45, 7) is 1.95. The second-order valence-corrected chi connectivity index (χ2v) is 9.87. The Morgan fingerprint density at radius 2 is 1.51 bits per heavy atom. The highest BCUT2D eigenvalue weighted by atomic mass is 32.2. The molecule has 194 valence electrons. The van der Waals surface area contributed by atoms with E-state index in [1.165, 1.54) is 16.7 Å². The SMILES string of the molecule is COc1cccc(C(=O)Nc2ccc(SC3=C(Nc4ccccc4)C(=O)N(c4ccc(C)cc4)C3=O)cc2)c1. The van der Waals surface area contributed by atoms with Gasteiger partial charge in [0.25, 0.3) is 17.7 Å². The fraction of sp³-hybridized carbons (Fsp3) is 0.0645. The predicted octanol–water partition coefficient (Wildman–Crippen LogP) is 6.25. The predicted molar refractivity (Wildman–Crippen MR) is 154 cm³/mol. The third-order valence-electron chi connectivity index (χ3n) is 6.04. The zero-order chi connectivity index (χ0) is 27.4. The van der Waals surface area contributed by atoms with E-state index in [2.05, 4.69) is 10.6 Å². The molecule has 0 aliphatic carbocycles. The highest BCUT2D eigenvalue weighted by molar-refractivity contribution is 8.04. The van der Waals surface area contributed by atoms with Gasteiger partial charge in [0.2, 0.25) is 0 Å². The molecular weight excluding hydrogens is 510 g/mol. The maximum absolute atomic E-state index is 13.5. The number of thioether (sulfide) groups is 1. The van der Waals surface area contributed by atoms with Gasteiger partial charge in [0.1, 0.15) is 16.4 Å². The van der Waals surface area contributed by atoms with Crippen molar-refractivity contribution in [1.29, 1.82) is 0 Å². The topological polar surface area (TPSA) is 87.7 Å². The number of benzene rings is 4. The van der Waals surface area contributed by atoms with Gasteiger partial charge >= 0.3 is 0 Å². The van der Waals surface area contributed by atoms with Crippen molar-refractivity contribution in [2.24, 2.45) is 0 Å². The fourth-order valence-electron chi connectivity index (χ4n) is 4.00. The van der Waals surface area contributed by atoms with Crippen molar-refractivity contribution in [2.45, 2.75) is 11.8 Å². The van der Waals surface area contributed by atoms with E-state index in [4.69, 9.17) is 4.74 Å². The Bertz CT molecular complexity index is 1570. The van der Waals surface area contributed by atoms with Gasteiger partial charge in [-0.2, -0.15) is 0 Å². The highest BCUT2D eigenvalue weighted by Gasteiger charge is 2.40. The van der Waals surface area contributed by atoms with Crippen molar-refractivity contribution in [2.75, 3.05) is 22.6 Å². The summed E-state index contributed by atoms with van der Waals surface area (Å²) in [5.74, 6) is -0.491. The number of aryl methyl sites for hydroxylation is 1. The van der Waals surface area contributed by atoms with Gasteiger partial charge in [-0.1, -0.05) is 53.7 Å². The van der Waals surface area contributed by atoms with Crippen molar-refractivity contribution >= 4 is 46.5 Å². The van der Waals surface area contributed by atoms with Crippen molar-refractivity contribution in [3.63, 3.8) is 0 Å². The maximum Gasteiger partial charge on any atom is 0.283 e. The minimum Gasteiger partial charge on any atom is -0.497 e. The van der Waals surface area contributed by atoms with Gasteiger partial charge in [-0.15, -0.1) is 0 Å². The number of methoxy groups -OCH3 is 1. The molecule has 0 bridgehead atoms. The van der Waals surface area contributed by atoms with Crippen LogP contribution in [0.3, 0.4) is 0 Å². The molecule has 39 heavy (non-hydrogen) atoms. The van der Waals surface area contributed by atoms with Gasteiger partial charge in [0, 0.05) is 21.8 Å². The molecule has 0 saturated heterocycles. The molecule has 8 heteroatoms. The molecule has 0 saturated carbocycles. The summed E-state index contributed by atoms with van der Waals surface area (Å²) in [6, 6.07) is 30.5. The number of hydrogen-bond donors (Lipinski definition) is 2. The van der Waals surface area contributed by atoms with Crippen LogP contribution in [0.5, 0.6) is 5.75 Å². The molecule has 0 aromatic heterocycles. The monoisotopic (exact) mass is 535 g/mol. The number of rotatable bonds is 8. The van der Waals surface area contributed by atoms with E-state index in [1.54, 1.807) is 67.8 Å². The molecular formula is C31H25N3O4S. The van der Waals surface area contributed by atoms with Crippen LogP contribution < -0.4 is 20.3 Å². The van der Waals surface area contributed by atoms with Crippen LogP contribution in [0, 0.1) is 6.92 Å². The molecule has 0 spiro atoms. The van der Waals surface area contributed by atoms with Crippen LogP contribution >= 0.6 is 11.8 Å². The van der Waals surface area contributed by atoms with Gasteiger partial charge < -0.3 is 15.4 Å². The summed E-state index contributed by atoms with van der Waals surface area (Å²) >= 11 is 1.20. The second kappa shape index (κ2) is 11.3. The van der Waals surface area contributed by atoms with Crippen molar-refractivity contribution in [1.82, 2.24) is 0 Å². The zero-order valence-corrected chi connectivity index (χ0v) is 22.1. The number of nitrogens with one attached hydrogen (secondary N) is 2. The minimum absolute atomic E-state index is 0.215. The average Bonchev–Trinajstić information content (AvgIpc) is 3.19. The molecule has 4 aromatic carbocycles. The van der Waals surface area contributed by atoms with E-state index in [-0.39, 0.29) is 16.5 Å². The molecule has 4 aromatic rings. The van der Waals surface area contributed by atoms with E-state index in [0.29, 0.717) is 28.4 Å². The number of nitrogens with zero attached hydrogens (tertiary/aromatic N) is 1. The van der Waals surface area contributed by atoms with E-state index >= 15 is 0 Å².